The monoisotopic (exact) mass is 507 g/mol. The van der Waals surface area contributed by atoms with Crippen LogP contribution in [-0.2, 0) is 11.2 Å². The van der Waals surface area contributed by atoms with E-state index in [9.17, 15) is 15.0 Å². The number of benzene rings is 1. The molecule has 2 N–H and O–H groups in total. The fourth-order valence-electron chi connectivity index (χ4n) is 10.6. The summed E-state index contributed by atoms with van der Waals surface area (Å²) in [6.07, 6.45) is 11.0. The maximum atomic E-state index is 13.3. The molecule has 5 aliphatic rings. The average molecular weight is 508 g/mol. The van der Waals surface area contributed by atoms with Gasteiger partial charge in [-0.05, 0) is 129 Å². The second kappa shape index (κ2) is 9.37. The summed E-state index contributed by atoms with van der Waals surface area (Å²) >= 11 is 0. The normalized spacial score (nSPS) is 43.5. The van der Waals surface area contributed by atoms with E-state index in [-0.39, 0.29) is 28.9 Å². The van der Waals surface area contributed by atoms with Crippen molar-refractivity contribution in [3.05, 3.63) is 29.3 Å². The van der Waals surface area contributed by atoms with Crippen LogP contribution in [0.4, 0.5) is 5.69 Å². The van der Waals surface area contributed by atoms with E-state index in [1.165, 1.54) is 36.8 Å². The molecule has 1 aromatic rings. The van der Waals surface area contributed by atoms with Gasteiger partial charge in [0.15, 0.2) is 0 Å². The molecular formula is C33H49NO3. The number of carbonyl (C=O) groups is 1. The van der Waals surface area contributed by atoms with Crippen LogP contribution >= 0.6 is 0 Å². The van der Waals surface area contributed by atoms with Crippen LogP contribution in [0.15, 0.2) is 18.2 Å². The second-order valence-electron chi connectivity index (χ2n) is 14.3. The molecule has 6 rings (SSSR count). The lowest BCUT2D eigenvalue weighted by atomic mass is 9.43. The van der Waals surface area contributed by atoms with E-state index < -0.39 is 0 Å². The van der Waals surface area contributed by atoms with Crippen LogP contribution in [0.25, 0.3) is 0 Å². The third kappa shape index (κ3) is 4.03. The highest BCUT2D eigenvalue weighted by Crippen LogP contribution is 2.68. The third-order valence-corrected chi connectivity index (χ3v) is 12.7. The Labute approximate surface area is 224 Å². The molecular weight excluding hydrogens is 458 g/mol. The number of fused-ring (bicyclic) bond motifs is 6. The largest absolute Gasteiger partial charge is 0.393 e. The molecule has 1 heterocycles. The van der Waals surface area contributed by atoms with E-state index in [1.807, 2.05) is 4.90 Å². The fourth-order valence-corrected chi connectivity index (χ4v) is 10.6. The number of aliphatic hydroxyl groups is 2. The lowest BCUT2D eigenvalue weighted by Crippen LogP contribution is -2.58. The summed E-state index contributed by atoms with van der Waals surface area (Å²) in [4.78, 5) is 15.3. The Morgan fingerprint density at radius 3 is 2.70 bits per heavy atom. The van der Waals surface area contributed by atoms with Gasteiger partial charge in [-0.25, -0.2) is 0 Å². The molecule has 37 heavy (non-hydrogen) atoms. The Bertz CT molecular complexity index is 1040. The molecule has 0 spiro atoms. The van der Waals surface area contributed by atoms with Crippen LogP contribution in [0.1, 0.15) is 96.1 Å². The molecule has 0 aromatic heterocycles. The molecule has 1 amide bonds. The zero-order chi connectivity index (χ0) is 26.1. The van der Waals surface area contributed by atoms with E-state index in [1.54, 1.807) is 0 Å². The van der Waals surface area contributed by atoms with Gasteiger partial charge in [-0.2, -0.15) is 0 Å². The van der Waals surface area contributed by atoms with Gasteiger partial charge in [0, 0.05) is 18.7 Å². The summed E-state index contributed by atoms with van der Waals surface area (Å²) in [6.45, 7) is 10.2. The minimum absolute atomic E-state index is 0.0290. The van der Waals surface area contributed by atoms with E-state index in [0.717, 1.165) is 50.8 Å². The molecule has 0 saturated heterocycles. The van der Waals surface area contributed by atoms with Gasteiger partial charge in [0.05, 0.1) is 12.2 Å². The van der Waals surface area contributed by atoms with Crippen LogP contribution < -0.4 is 4.90 Å². The van der Waals surface area contributed by atoms with Crippen molar-refractivity contribution in [1.29, 1.82) is 0 Å². The summed E-state index contributed by atoms with van der Waals surface area (Å²) in [6, 6.07) is 6.47. The van der Waals surface area contributed by atoms with Gasteiger partial charge in [-0.1, -0.05) is 38.5 Å². The number of amides is 1. The number of hydrogen-bond acceptors (Lipinski definition) is 3. The number of nitrogens with zero attached hydrogens (tertiary/aromatic N) is 1. The molecule has 4 fully saturated rings. The molecule has 0 unspecified atom stereocenters. The van der Waals surface area contributed by atoms with Gasteiger partial charge in [0.2, 0.25) is 5.91 Å². The van der Waals surface area contributed by atoms with Crippen molar-refractivity contribution in [2.24, 2.45) is 46.3 Å². The van der Waals surface area contributed by atoms with Crippen LogP contribution in [-0.4, -0.2) is 34.9 Å². The number of hydrogen-bond donors (Lipinski definition) is 2. The minimum atomic E-state index is -0.250. The van der Waals surface area contributed by atoms with Gasteiger partial charge in [0.25, 0.3) is 0 Å². The summed E-state index contributed by atoms with van der Waals surface area (Å²) in [5.74, 6) is 3.74. The SMILES string of the molecule is Cc1ccc2c(c1)CCN2C(=O)CC[C@@H](C)[C@H]1CC[C@H]2[C@@H]3CC[C@@H]4C[C@H](O)CC[C@]4(C)[C@H]3C[C@H](O)[C@]12C. The second-order valence-corrected chi connectivity index (χ2v) is 14.3. The predicted molar refractivity (Wildman–Crippen MR) is 148 cm³/mol. The summed E-state index contributed by atoms with van der Waals surface area (Å²) < 4.78 is 0. The van der Waals surface area contributed by atoms with Crippen LogP contribution in [0.2, 0.25) is 0 Å². The van der Waals surface area contributed by atoms with Crippen molar-refractivity contribution in [2.45, 2.75) is 111 Å². The Morgan fingerprint density at radius 1 is 1.08 bits per heavy atom. The average Bonchev–Trinajstić information content (AvgIpc) is 3.45. The third-order valence-electron chi connectivity index (χ3n) is 12.7. The van der Waals surface area contributed by atoms with Gasteiger partial charge in [0.1, 0.15) is 0 Å². The molecule has 1 aliphatic heterocycles. The Balaban J connectivity index is 1.13. The predicted octanol–water partition coefficient (Wildman–Crippen LogP) is 6.29. The van der Waals surface area contributed by atoms with Gasteiger partial charge < -0.3 is 15.1 Å². The first-order chi connectivity index (χ1) is 17.6. The van der Waals surface area contributed by atoms with Gasteiger partial charge >= 0.3 is 0 Å². The summed E-state index contributed by atoms with van der Waals surface area (Å²) in [5, 5.41) is 22.2. The highest BCUT2D eigenvalue weighted by Gasteiger charge is 2.63. The number of carbonyl (C=O) groups excluding carboxylic acids is 1. The molecule has 10 atom stereocenters. The van der Waals surface area contributed by atoms with Crippen molar-refractivity contribution in [2.75, 3.05) is 11.4 Å². The van der Waals surface area contributed by atoms with Crippen LogP contribution in [0, 0.1) is 53.3 Å². The molecule has 0 bridgehead atoms. The molecule has 204 valence electrons. The number of aliphatic hydroxyl groups excluding tert-OH is 2. The fraction of sp³-hybridized carbons (Fsp3) is 0.788. The Morgan fingerprint density at radius 2 is 1.89 bits per heavy atom. The molecule has 4 aliphatic carbocycles. The highest BCUT2D eigenvalue weighted by molar-refractivity contribution is 5.95. The molecule has 1 aromatic carbocycles. The van der Waals surface area contributed by atoms with Gasteiger partial charge in [-0.15, -0.1) is 0 Å². The van der Waals surface area contributed by atoms with Crippen molar-refractivity contribution >= 4 is 11.6 Å². The number of rotatable bonds is 4. The van der Waals surface area contributed by atoms with Crippen LogP contribution in [0.5, 0.6) is 0 Å². The highest BCUT2D eigenvalue weighted by atomic mass is 16.3. The van der Waals surface area contributed by atoms with Crippen molar-refractivity contribution < 1.29 is 15.0 Å². The maximum absolute atomic E-state index is 13.3. The zero-order valence-corrected chi connectivity index (χ0v) is 23.6. The lowest BCUT2D eigenvalue weighted by molar-refractivity contribution is -0.174. The smallest absolute Gasteiger partial charge is 0.227 e. The summed E-state index contributed by atoms with van der Waals surface area (Å²) in [7, 11) is 0. The molecule has 4 nitrogen and oxygen atoms in total. The first kappa shape index (κ1) is 25.9. The van der Waals surface area contributed by atoms with E-state index in [2.05, 4.69) is 45.9 Å². The molecule has 4 heteroatoms. The topological polar surface area (TPSA) is 60.8 Å². The lowest BCUT2D eigenvalue weighted by Gasteiger charge is -2.62. The van der Waals surface area contributed by atoms with E-state index in [0.29, 0.717) is 41.9 Å². The number of anilines is 1. The quantitative estimate of drug-likeness (QED) is 0.503. The zero-order valence-electron chi connectivity index (χ0n) is 23.6. The maximum Gasteiger partial charge on any atom is 0.227 e. The van der Waals surface area contributed by atoms with Crippen molar-refractivity contribution in [3.8, 4) is 0 Å². The minimum Gasteiger partial charge on any atom is -0.393 e. The van der Waals surface area contributed by atoms with E-state index >= 15 is 0 Å². The Kier molecular flexibility index (Phi) is 6.55. The van der Waals surface area contributed by atoms with Gasteiger partial charge in [-0.3, -0.25) is 4.79 Å². The van der Waals surface area contributed by atoms with Crippen molar-refractivity contribution in [1.82, 2.24) is 0 Å². The Hall–Kier alpha value is -1.39. The first-order valence-electron chi connectivity index (χ1n) is 15.4. The van der Waals surface area contributed by atoms with Crippen LogP contribution in [0.3, 0.4) is 0 Å². The molecule has 4 saturated carbocycles. The van der Waals surface area contributed by atoms with E-state index in [4.69, 9.17) is 0 Å². The summed E-state index contributed by atoms with van der Waals surface area (Å²) in [5.41, 5.74) is 3.94. The standard InChI is InChI=1S/C33H49NO3/c1-20-5-11-29-22(17-20)14-16-34(29)31(37)12-6-21(2)26-9-10-27-25-8-7-23-18-24(35)13-15-32(23,3)28(25)19-30(36)33(26,27)4/h5,11,17,21,23-28,30,35-36H,6-10,12-16,18-19H2,1-4H3/t21-,23-,24-,25+,26-,27+,28+,30+,32+,33-/m1/s1. The first-order valence-corrected chi connectivity index (χ1v) is 15.4. The number of aryl methyl sites for hydroxylation is 1. The van der Waals surface area contributed by atoms with Crippen molar-refractivity contribution in [3.63, 3.8) is 0 Å². The molecule has 0 radical (unpaired) electrons.